The van der Waals surface area contributed by atoms with Crippen LogP contribution in [0.4, 0.5) is 0 Å². The number of carbonyl (C=O) groups is 1. The van der Waals surface area contributed by atoms with E-state index in [0.717, 1.165) is 11.1 Å². The number of hydrogen-bond donors (Lipinski definition) is 0. The molecule has 0 fully saturated rings. The second kappa shape index (κ2) is 8.95. The van der Waals surface area contributed by atoms with Crippen molar-refractivity contribution < 1.29 is 18.7 Å². The van der Waals surface area contributed by atoms with Crippen LogP contribution in [-0.4, -0.2) is 32.1 Å². The van der Waals surface area contributed by atoms with Gasteiger partial charge < -0.3 is 18.8 Å². The van der Waals surface area contributed by atoms with Crippen LogP contribution in [0.1, 0.15) is 16.9 Å². The Morgan fingerprint density at radius 2 is 1.75 bits per heavy atom. The summed E-state index contributed by atoms with van der Waals surface area (Å²) in [6.07, 6.45) is 3.36. The Bertz CT molecular complexity index is 946. The van der Waals surface area contributed by atoms with Crippen molar-refractivity contribution in [2.24, 2.45) is 0 Å². The maximum Gasteiger partial charge on any atom is 0.254 e. The molecule has 0 N–H and O–H groups in total. The SMILES string of the molecule is COc1ccc(CN(C)C(=O)/C(=C/c2ccco2)c2ccccc2)cc1OC. The van der Waals surface area contributed by atoms with E-state index in [2.05, 4.69) is 0 Å². The molecule has 28 heavy (non-hydrogen) atoms. The van der Waals surface area contributed by atoms with Crippen LogP contribution in [-0.2, 0) is 11.3 Å². The number of ether oxygens (including phenoxy) is 2. The summed E-state index contributed by atoms with van der Waals surface area (Å²) in [5.74, 6) is 1.82. The number of methoxy groups -OCH3 is 2. The third kappa shape index (κ3) is 4.43. The maximum atomic E-state index is 13.2. The van der Waals surface area contributed by atoms with E-state index in [1.807, 2.05) is 54.6 Å². The Labute approximate surface area is 164 Å². The number of furan rings is 1. The van der Waals surface area contributed by atoms with Crippen molar-refractivity contribution in [1.29, 1.82) is 0 Å². The molecule has 3 aromatic rings. The van der Waals surface area contributed by atoms with Crippen molar-refractivity contribution in [3.8, 4) is 11.5 Å². The fourth-order valence-corrected chi connectivity index (χ4v) is 2.93. The molecule has 5 heteroatoms. The van der Waals surface area contributed by atoms with E-state index in [9.17, 15) is 4.79 Å². The van der Waals surface area contributed by atoms with Crippen LogP contribution in [0.2, 0.25) is 0 Å². The molecule has 3 rings (SSSR count). The summed E-state index contributed by atoms with van der Waals surface area (Å²) in [4.78, 5) is 14.9. The van der Waals surface area contributed by atoms with Gasteiger partial charge in [-0.1, -0.05) is 36.4 Å². The maximum absolute atomic E-state index is 13.2. The number of carbonyl (C=O) groups excluding carboxylic acids is 1. The highest BCUT2D eigenvalue weighted by Gasteiger charge is 2.18. The van der Waals surface area contributed by atoms with E-state index < -0.39 is 0 Å². The van der Waals surface area contributed by atoms with Crippen molar-refractivity contribution in [2.75, 3.05) is 21.3 Å². The summed E-state index contributed by atoms with van der Waals surface area (Å²) in [6, 6.07) is 18.8. The first-order chi connectivity index (χ1) is 13.6. The quantitative estimate of drug-likeness (QED) is 0.569. The van der Waals surface area contributed by atoms with Gasteiger partial charge in [0.15, 0.2) is 11.5 Å². The molecule has 0 aliphatic rings. The van der Waals surface area contributed by atoms with Gasteiger partial charge in [-0.3, -0.25) is 4.79 Å². The van der Waals surface area contributed by atoms with Crippen molar-refractivity contribution in [3.05, 3.63) is 83.8 Å². The molecule has 0 saturated carbocycles. The topological polar surface area (TPSA) is 51.9 Å². The number of likely N-dealkylation sites (N-methyl/N-ethyl adjacent to an activating group) is 1. The summed E-state index contributed by atoms with van der Waals surface area (Å²) >= 11 is 0. The highest BCUT2D eigenvalue weighted by atomic mass is 16.5. The predicted octanol–water partition coefficient (Wildman–Crippen LogP) is 4.50. The molecule has 0 aliphatic carbocycles. The fraction of sp³-hybridized carbons (Fsp3) is 0.174. The first-order valence-corrected chi connectivity index (χ1v) is 8.89. The van der Waals surface area contributed by atoms with E-state index >= 15 is 0 Å². The van der Waals surface area contributed by atoms with Gasteiger partial charge in [0.2, 0.25) is 0 Å². The highest BCUT2D eigenvalue weighted by molar-refractivity contribution is 6.23. The smallest absolute Gasteiger partial charge is 0.254 e. The average molecular weight is 377 g/mol. The second-order valence-electron chi connectivity index (χ2n) is 6.29. The molecule has 144 valence electrons. The highest BCUT2D eigenvalue weighted by Crippen LogP contribution is 2.28. The van der Waals surface area contributed by atoms with E-state index in [-0.39, 0.29) is 5.91 Å². The number of nitrogens with zero attached hydrogens (tertiary/aromatic N) is 1. The van der Waals surface area contributed by atoms with E-state index in [1.165, 1.54) is 0 Å². The number of hydrogen-bond acceptors (Lipinski definition) is 4. The molecule has 0 unspecified atom stereocenters. The Balaban J connectivity index is 1.87. The van der Waals surface area contributed by atoms with Crippen LogP contribution >= 0.6 is 0 Å². The van der Waals surface area contributed by atoms with Crippen LogP contribution in [0.5, 0.6) is 11.5 Å². The first-order valence-electron chi connectivity index (χ1n) is 8.89. The number of rotatable bonds is 7. The first kappa shape index (κ1) is 19.3. The summed E-state index contributed by atoms with van der Waals surface area (Å²) in [5, 5.41) is 0. The van der Waals surface area contributed by atoms with Crippen LogP contribution in [0.25, 0.3) is 11.6 Å². The van der Waals surface area contributed by atoms with Gasteiger partial charge in [-0.25, -0.2) is 0 Å². The normalized spacial score (nSPS) is 11.2. The van der Waals surface area contributed by atoms with Crippen LogP contribution in [0.3, 0.4) is 0 Å². The molecule has 5 nitrogen and oxygen atoms in total. The van der Waals surface area contributed by atoms with Crippen molar-refractivity contribution in [2.45, 2.75) is 6.54 Å². The van der Waals surface area contributed by atoms with Crippen molar-refractivity contribution >= 4 is 17.6 Å². The molecule has 0 saturated heterocycles. The van der Waals surface area contributed by atoms with Crippen LogP contribution in [0, 0.1) is 0 Å². The van der Waals surface area contributed by atoms with Gasteiger partial charge in [0, 0.05) is 13.6 Å². The molecule has 0 aliphatic heterocycles. The minimum atomic E-state index is -0.0996. The minimum absolute atomic E-state index is 0.0996. The lowest BCUT2D eigenvalue weighted by molar-refractivity contribution is -0.124. The summed E-state index contributed by atoms with van der Waals surface area (Å²) in [7, 11) is 4.97. The molecule has 1 amide bonds. The molecule has 0 bridgehead atoms. The van der Waals surface area contributed by atoms with Crippen LogP contribution in [0.15, 0.2) is 71.3 Å². The lowest BCUT2D eigenvalue weighted by atomic mass is 10.0. The van der Waals surface area contributed by atoms with E-state index in [1.54, 1.807) is 44.6 Å². The van der Waals surface area contributed by atoms with Crippen molar-refractivity contribution in [3.63, 3.8) is 0 Å². The van der Waals surface area contributed by atoms with Gasteiger partial charge in [0.25, 0.3) is 5.91 Å². The molecule has 0 spiro atoms. The van der Waals surface area contributed by atoms with E-state index in [0.29, 0.717) is 29.4 Å². The predicted molar refractivity (Wildman–Crippen MR) is 109 cm³/mol. The van der Waals surface area contributed by atoms with Gasteiger partial charge in [-0.15, -0.1) is 0 Å². The summed E-state index contributed by atoms with van der Waals surface area (Å²) in [6.45, 7) is 0.432. The van der Waals surface area contributed by atoms with Gasteiger partial charge in [-0.2, -0.15) is 0 Å². The zero-order valence-electron chi connectivity index (χ0n) is 16.2. The molecule has 0 atom stereocenters. The molecule has 0 radical (unpaired) electrons. The number of amides is 1. The molecule has 1 heterocycles. The third-order valence-corrected chi connectivity index (χ3v) is 4.36. The number of benzene rings is 2. The van der Waals surface area contributed by atoms with Gasteiger partial charge >= 0.3 is 0 Å². The fourth-order valence-electron chi connectivity index (χ4n) is 2.93. The molecular formula is C23H23NO4. The largest absolute Gasteiger partial charge is 0.493 e. The molecule has 1 aromatic heterocycles. The van der Waals surface area contributed by atoms with E-state index in [4.69, 9.17) is 13.9 Å². The Morgan fingerprint density at radius 1 is 1.00 bits per heavy atom. The Kier molecular flexibility index (Phi) is 6.17. The van der Waals surface area contributed by atoms with Gasteiger partial charge in [-0.05, 0) is 41.5 Å². The van der Waals surface area contributed by atoms with Gasteiger partial charge in [0.05, 0.1) is 26.1 Å². The third-order valence-electron chi connectivity index (χ3n) is 4.36. The summed E-state index contributed by atoms with van der Waals surface area (Å²) < 4.78 is 16.0. The monoisotopic (exact) mass is 377 g/mol. The lowest BCUT2D eigenvalue weighted by Crippen LogP contribution is -2.27. The molecule has 2 aromatic carbocycles. The average Bonchev–Trinajstić information content (AvgIpc) is 3.25. The lowest BCUT2D eigenvalue weighted by Gasteiger charge is -2.20. The molecular weight excluding hydrogens is 354 g/mol. The standard InChI is InChI=1S/C23H23NO4/c1-24(16-17-11-12-21(26-2)22(14-17)27-3)23(25)20(15-19-10-7-13-28-19)18-8-5-4-6-9-18/h4-15H,16H2,1-3H3/b20-15+. The second-order valence-corrected chi connectivity index (χ2v) is 6.29. The van der Waals surface area contributed by atoms with Crippen LogP contribution < -0.4 is 9.47 Å². The van der Waals surface area contributed by atoms with Crippen molar-refractivity contribution in [1.82, 2.24) is 4.90 Å². The zero-order valence-corrected chi connectivity index (χ0v) is 16.2. The summed E-state index contributed by atoms with van der Waals surface area (Å²) in [5.41, 5.74) is 2.35. The minimum Gasteiger partial charge on any atom is -0.493 e. The Morgan fingerprint density at radius 3 is 2.39 bits per heavy atom. The van der Waals surface area contributed by atoms with Gasteiger partial charge in [0.1, 0.15) is 5.76 Å². The Hall–Kier alpha value is -3.47. The zero-order chi connectivity index (χ0) is 19.9.